The molecule has 0 aromatic carbocycles. The Morgan fingerprint density at radius 3 is 2.55 bits per heavy atom. The molecule has 2 N–H and O–H groups in total. The smallest absolute Gasteiger partial charge is 0.229 e. The first kappa shape index (κ1) is 17.1. The zero-order valence-corrected chi connectivity index (χ0v) is 13.3. The third-order valence-corrected chi connectivity index (χ3v) is 3.38. The number of nitrogens with two attached hydrogens (primary N) is 1. The molecule has 0 saturated heterocycles. The molecule has 0 aliphatic heterocycles. The number of ether oxygens (including phenoxy) is 1. The molecule has 1 heterocycles. The first-order valence-electron chi connectivity index (χ1n) is 7.79. The van der Waals surface area contributed by atoms with Gasteiger partial charge >= 0.3 is 0 Å². The van der Waals surface area contributed by atoms with E-state index in [-0.39, 0.29) is 18.1 Å². The summed E-state index contributed by atoms with van der Waals surface area (Å²) < 4.78 is 11.1. The molecule has 1 aromatic rings. The van der Waals surface area contributed by atoms with Gasteiger partial charge in [0.2, 0.25) is 11.7 Å². The number of hydrogen-bond donors (Lipinski definition) is 1. The van der Waals surface area contributed by atoms with Crippen molar-refractivity contribution < 1.29 is 9.26 Å². The second-order valence-corrected chi connectivity index (χ2v) is 5.53. The average molecular weight is 283 g/mol. The van der Waals surface area contributed by atoms with Gasteiger partial charge in [-0.05, 0) is 33.1 Å². The van der Waals surface area contributed by atoms with Crippen LogP contribution in [0.1, 0.15) is 83.5 Å². The minimum Gasteiger partial charge on any atom is -0.370 e. The van der Waals surface area contributed by atoms with Gasteiger partial charge in [0.25, 0.3) is 0 Å². The van der Waals surface area contributed by atoms with E-state index in [1.54, 1.807) is 0 Å². The van der Waals surface area contributed by atoms with Crippen LogP contribution in [-0.2, 0) is 4.74 Å². The Morgan fingerprint density at radius 2 is 1.95 bits per heavy atom. The molecule has 1 aromatic heterocycles. The van der Waals surface area contributed by atoms with E-state index >= 15 is 0 Å². The van der Waals surface area contributed by atoms with E-state index in [2.05, 4.69) is 24.0 Å². The third-order valence-electron chi connectivity index (χ3n) is 3.38. The van der Waals surface area contributed by atoms with Crippen molar-refractivity contribution in [3.05, 3.63) is 11.7 Å². The van der Waals surface area contributed by atoms with Crippen LogP contribution in [0.25, 0.3) is 0 Å². The molecule has 116 valence electrons. The van der Waals surface area contributed by atoms with E-state index in [1.807, 2.05) is 13.8 Å². The van der Waals surface area contributed by atoms with Gasteiger partial charge in [-0.15, -0.1) is 0 Å². The molecule has 0 bridgehead atoms. The Balaban J connectivity index is 2.55. The van der Waals surface area contributed by atoms with Crippen LogP contribution in [0.3, 0.4) is 0 Å². The molecule has 20 heavy (non-hydrogen) atoms. The molecule has 0 saturated carbocycles. The number of aromatic nitrogens is 2. The molecule has 3 atom stereocenters. The highest BCUT2D eigenvalue weighted by atomic mass is 16.5. The highest BCUT2D eigenvalue weighted by Gasteiger charge is 2.20. The van der Waals surface area contributed by atoms with Crippen LogP contribution in [0, 0.1) is 0 Å². The van der Waals surface area contributed by atoms with Crippen molar-refractivity contribution in [2.75, 3.05) is 6.61 Å². The quantitative estimate of drug-likeness (QED) is 0.710. The summed E-state index contributed by atoms with van der Waals surface area (Å²) >= 11 is 0. The standard InChI is InChI=1S/C15H29N3O2/c1-5-8-13(19-6-2)14-17-15(20-18-14)11(3)9-7-10-12(4)16/h11-13H,5-10,16H2,1-4H3. The van der Waals surface area contributed by atoms with Gasteiger partial charge in [0.05, 0.1) is 0 Å². The molecule has 0 spiro atoms. The fraction of sp³-hybridized carbons (Fsp3) is 0.867. The third kappa shape index (κ3) is 5.59. The Kier molecular flexibility index (Phi) is 7.77. The number of nitrogens with zero attached hydrogens (tertiary/aromatic N) is 2. The maximum Gasteiger partial charge on any atom is 0.229 e. The molecule has 0 aliphatic rings. The van der Waals surface area contributed by atoms with Crippen LogP contribution < -0.4 is 5.73 Å². The van der Waals surface area contributed by atoms with Gasteiger partial charge in [0.15, 0.2) is 0 Å². The molecule has 0 radical (unpaired) electrons. The molecule has 5 nitrogen and oxygen atoms in total. The first-order valence-corrected chi connectivity index (χ1v) is 7.79. The molecule has 0 fully saturated rings. The lowest BCUT2D eigenvalue weighted by Crippen LogP contribution is -2.14. The van der Waals surface area contributed by atoms with E-state index in [1.165, 1.54) is 0 Å². The summed E-state index contributed by atoms with van der Waals surface area (Å²) in [5.41, 5.74) is 5.76. The summed E-state index contributed by atoms with van der Waals surface area (Å²) in [5.74, 6) is 1.67. The van der Waals surface area contributed by atoms with Crippen LogP contribution in [-0.4, -0.2) is 22.8 Å². The fourth-order valence-corrected chi connectivity index (χ4v) is 2.20. The van der Waals surface area contributed by atoms with Crippen molar-refractivity contribution in [1.29, 1.82) is 0 Å². The Morgan fingerprint density at radius 1 is 1.20 bits per heavy atom. The summed E-state index contributed by atoms with van der Waals surface area (Å²) in [6.07, 6.45) is 5.06. The molecule has 3 unspecified atom stereocenters. The molecular formula is C15H29N3O2. The van der Waals surface area contributed by atoms with Crippen LogP contribution in [0.2, 0.25) is 0 Å². The van der Waals surface area contributed by atoms with E-state index < -0.39 is 0 Å². The van der Waals surface area contributed by atoms with Gasteiger partial charge < -0.3 is 15.0 Å². The normalized spacial score (nSPS) is 16.1. The second kappa shape index (κ2) is 9.08. The minimum atomic E-state index is -0.0428. The van der Waals surface area contributed by atoms with Crippen molar-refractivity contribution in [1.82, 2.24) is 10.1 Å². The van der Waals surface area contributed by atoms with Crippen molar-refractivity contribution in [3.8, 4) is 0 Å². The van der Waals surface area contributed by atoms with Gasteiger partial charge in [-0.3, -0.25) is 0 Å². The average Bonchev–Trinajstić information content (AvgIpc) is 2.87. The molecule has 5 heteroatoms. The molecule has 0 aliphatic carbocycles. The highest BCUT2D eigenvalue weighted by molar-refractivity contribution is 4.95. The molecular weight excluding hydrogens is 254 g/mol. The summed E-state index contributed by atoms with van der Waals surface area (Å²) in [5, 5.41) is 4.08. The minimum absolute atomic E-state index is 0.0428. The first-order chi connectivity index (χ1) is 9.58. The van der Waals surface area contributed by atoms with Gasteiger partial charge in [0, 0.05) is 18.6 Å². The van der Waals surface area contributed by atoms with E-state index in [0.717, 1.165) is 32.1 Å². The van der Waals surface area contributed by atoms with Crippen LogP contribution >= 0.6 is 0 Å². The summed E-state index contributed by atoms with van der Waals surface area (Å²) in [6, 6.07) is 0.257. The van der Waals surface area contributed by atoms with Crippen molar-refractivity contribution in [2.24, 2.45) is 5.73 Å². The lowest BCUT2D eigenvalue weighted by atomic mass is 10.0. The van der Waals surface area contributed by atoms with Crippen LogP contribution in [0.4, 0.5) is 0 Å². The van der Waals surface area contributed by atoms with E-state index in [9.17, 15) is 0 Å². The number of rotatable bonds is 10. The highest BCUT2D eigenvalue weighted by Crippen LogP contribution is 2.24. The largest absolute Gasteiger partial charge is 0.370 e. The zero-order valence-electron chi connectivity index (χ0n) is 13.3. The topological polar surface area (TPSA) is 74.2 Å². The van der Waals surface area contributed by atoms with Crippen LogP contribution in [0.15, 0.2) is 4.52 Å². The summed E-state index contributed by atoms with van der Waals surface area (Å²) in [7, 11) is 0. The monoisotopic (exact) mass is 283 g/mol. The van der Waals surface area contributed by atoms with Crippen molar-refractivity contribution in [3.63, 3.8) is 0 Å². The lowest BCUT2D eigenvalue weighted by molar-refractivity contribution is 0.0477. The van der Waals surface area contributed by atoms with Gasteiger partial charge in [-0.2, -0.15) is 4.98 Å². The summed E-state index contributed by atoms with van der Waals surface area (Å²) in [4.78, 5) is 4.51. The lowest BCUT2D eigenvalue weighted by Gasteiger charge is -2.11. The Hall–Kier alpha value is -0.940. The SMILES string of the molecule is CCCC(OCC)c1noc(C(C)CCCC(C)N)n1. The molecule has 0 amide bonds. The van der Waals surface area contributed by atoms with Gasteiger partial charge in [0.1, 0.15) is 6.10 Å². The maximum atomic E-state index is 5.76. The predicted octanol–water partition coefficient (Wildman–Crippen LogP) is 3.57. The van der Waals surface area contributed by atoms with Gasteiger partial charge in [-0.25, -0.2) is 0 Å². The van der Waals surface area contributed by atoms with Crippen molar-refractivity contribution >= 4 is 0 Å². The van der Waals surface area contributed by atoms with Gasteiger partial charge in [-0.1, -0.05) is 31.8 Å². The zero-order chi connectivity index (χ0) is 15.0. The fourth-order valence-electron chi connectivity index (χ4n) is 2.20. The number of hydrogen-bond acceptors (Lipinski definition) is 5. The van der Waals surface area contributed by atoms with Crippen LogP contribution in [0.5, 0.6) is 0 Å². The van der Waals surface area contributed by atoms with E-state index in [4.69, 9.17) is 15.0 Å². The summed E-state index contributed by atoms with van der Waals surface area (Å²) in [6.45, 7) is 8.93. The maximum absolute atomic E-state index is 5.76. The van der Waals surface area contributed by atoms with Crippen molar-refractivity contribution in [2.45, 2.75) is 77.9 Å². The second-order valence-electron chi connectivity index (χ2n) is 5.53. The Bertz CT molecular complexity index is 360. The van der Waals surface area contributed by atoms with E-state index in [0.29, 0.717) is 18.3 Å². The molecule has 1 rings (SSSR count). The predicted molar refractivity (Wildman–Crippen MR) is 79.5 cm³/mol. The Labute approximate surface area is 122 Å².